The highest BCUT2D eigenvalue weighted by molar-refractivity contribution is 7.13. The second kappa shape index (κ2) is 9.93. The average Bonchev–Trinajstić information content (AvgIpc) is 2.99. The van der Waals surface area contributed by atoms with Crippen LogP contribution in [-0.2, 0) is 11.2 Å². The lowest BCUT2D eigenvalue weighted by molar-refractivity contribution is -0.121. The number of rotatable bonds is 4. The number of piperidine rings is 1. The van der Waals surface area contributed by atoms with E-state index in [0.717, 1.165) is 35.8 Å². The zero-order chi connectivity index (χ0) is 15.4. The van der Waals surface area contributed by atoms with Gasteiger partial charge in [-0.1, -0.05) is 6.07 Å². The number of hydrogen-bond acceptors (Lipinski definition) is 5. The van der Waals surface area contributed by atoms with Gasteiger partial charge in [-0.25, -0.2) is 4.98 Å². The minimum atomic E-state index is 0. The van der Waals surface area contributed by atoms with Gasteiger partial charge in [0.2, 0.25) is 5.91 Å². The van der Waals surface area contributed by atoms with Crippen LogP contribution in [0.5, 0.6) is 0 Å². The van der Waals surface area contributed by atoms with Crippen molar-refractivity contribution in [3.05, 3.63) is 35.5 Å². The zero-order valence-corrected chi connectivity index (χ0v) is 15.8. The monoisotopic (exact) mass is 388 g/mol. The first kappa shape index (κ1) is 20.8. The summed E-state index contributed by atoms with van der Waals surface area (Å²) in [6, 6.07) is 6.29. The van der Waals surface area contributed by atoms with Crippen LogP contribution in [0.2, 0.25) is 0 Å². The largest absolute Gasteiger partial charge is 0.351 e. The molecule has 8 heteroatoms. The van der Waals surface area contributed by atoms with E-state index in [0.29, 0.717) is 12.5 Å². The molecule has 2 aromatic heterocycles. The molecule has 1 saturated heterocycles. The summed E-state index contributed by atoms with van der Waals surface area (Å²) in [6.45, 7) is 3.15. The van der Waals surface area contributed by atoms with Crippen molar-refractivity contribution in [2.75, 3.05) is 6.54 Å². The van der Waals surface area contributed by atoms with Gasteiger partial charge in [0.15, 0.2) is 0 Å². The molecule has 0 saturated carbocycles. The Kier molecular flexibility index (Phi) is 8.62. The topological polar surface area (TPSA) is 66.9 Å². The Hall–Kier alpha value is -1.21. The van der Waals surface area contributed by atoms with E-state index in [2.05, 4.69) is 27.5 Å². The van der Waals surface area contributed by atoms with Gasteiger partial charge in [0.25, 0.3) is 0 Å². The van der Waals surface area contributed by atoms with Crippen LogP contribution in [0.4, 0.5) is 0 Å². The summed E-state index contributed by atoms with van der Waals surface area (Å²) in [5.74, 6) is 0.0402. The fourth-order valence-corrected chi connectivity index (χ4v) is 3.45. The Morgan fingerprint density at radius 1 is 1.42 bits per heavy atom. The number of hydrogen-bond donors (Lipinski definition) is 2. The number of pyridine rings is 1. The molecular formula is C16H22Cl2N4OS. The summed E-state index contributed by atoms with van der Waals surface area (Å²) in [6.07, 6.45) is 4.22. The average molecular weight is 389 g/mol. The van der Waals surface area contributed by atoms with Gasteiger partial charge in [0.1, 0.15) is 5.01 Å². The van der Waals surface area contributed by atoms with Crippen LogP contribution in [0, 0.1) is 0 Å². The van der Waals surface area contributed by atoms with E-state index >= 15 is 0 Å². The van der Waals surface area contributed by atoms with E-state index in [-0.39, 0.29) is 36.8 Å². The number of aromatic nitrogens is 2. The van der Waals surface area contributed by atoms with E-state index in [4.69, 9.17) is 0 Å². The van der Waals surface area contributed by atoms with Gasteiger partial charge in [-0.3, -0.25) is 9.78 Å². The molecule has 0 bridgehead atoms. The van der Waals surface area contributed by atoms with Gasteiger partial charge in [0, 0.05) is 23.7 Å². The summed E-state index contributed by atoms with van der Waals surface area (Å²) < 4.78 is 0. The van der Waals surface area contributed by atoms with E-state index in [1.54, 1.807) is 6.20 Å². The number of halogens is 2. The smallest absolute Gasteiger partial charge is 0.226 e. The van der Waals surface area contributed by atoms with Crippen molar-refractivity contribution >= 4 is 42.1 Å². The van der Waals surface area contributed by atoms with Crippen molar-refractivity contribution in [3.63, 3.8) is 0 Å². The van der Waals surface area contributed by atoms with Gasteiger partial charge in [-0.05, 0) is 38.4 Å². The van der Waals surface area contributed by atoms with Crippen LogP contribution >= 0.6 is 36.2 Å². The molecule has 3 rings (SSSR count). The summed E-state index contributed by atoms with van der Waals surface area (Å²) in [4.78, 5) is 21.0. The number of amides is 1. The van der Waals surface area contributed by atoms with E-state index < -0.39 is 0 Å². The van der Waals surface area contributed by atoms with Crippen LogP contribution in [0.1, 0.15) is 25.5 Å². The lowest BCUT2D eigenvalue weighted by Crippen LogP contribution is -2.52. The molecule has 0 aromatic carbocycles. The second-order valence-corrected chi connectivity index (χ2v) is 6.45. The zero-order valence-electron chi connectivity index (χ0n) is 13.4. The van der Waals surface area contributed by atoms with Crippen LogP contribution in [0.15, 0.2) is 29.8 Å². The van der Waals surface area contributed by atoms with Crippen molar-refractivity contribution < 1.29 is 4.79 Å². The molecule has 2 unspecified atom stereocenters. The summed E-state index contributed by atoms with van der Waals surface area (Å²) >= 11 is 1.53. The Morgan fingerprint density at radius 2 is 2.25 bits per heavy atom. The normalized spacial score (nSPS) is 19.7. The molecule has 2 aromatic rings. The molecule has 1 amide bonds. The Morgan fingerprint density at radius 3 is 2.96 bits per heavy atom. The van der Waals surface area contributed by atoms with Crippen molar-refractivity contribution in [1.29, 1.82) is 0 Å². The molecule has 132 valence electrons. The first-order valence-electron chi connectivity index (χ1n) is 7.61. The quantitative estimate of drug-likeness (QED) is 0.844. The molecule has 0 aliphatic carbocycles. The molecule has 5 nitrogen and oxygen atoms in total. The second-order valence-electron chi connectivity index (χ2n) is 5.59. The van der Waals surface area contributed by atoms with Crippen LogP contribution in [0.25, 0.3) is 10.7 Å². The van der Waals surface area contributed by atoms with E-state index in [1.165, 1.54) is 11.3 Å². The molecular weight excluding hydrogens is 367 g/mol. The molecule has 1 aliphatic rings. The first-order valence-corrected chi connectivity index (χ1v) is 8.49. The molecule has 0 spiro atoms. The predicted octanol–water partition coefficient (Wildman–Crippen LogP) is 2.85. The van der Waals surface area contributed by atoms with E-state index in [9.17, 15) is 4.79 Å². The molecule has 2 atom stereocenters. The van der Waals surface area contributed by atoms with Crippen molar-refractivity contribution in [2.45, 2.75) is 38.3 Å². The maximum atomic E-state index is 12.2. The summed E-state index contributed by atoms with van der Waals surface area (Å²) in [5, 5.41) is 9.30. The fourth-order valence-electron chi connectivity index (χ4n) is 2.66. The molecule has 1 aliphatic heterocycles. The highest BCUT2D eigenvalue weighted by Crippen LogP contribution is 2.21. The Labute approximate surface area is 158 Å². The van der Waals surface area contributed by atoms with Crippen LogP contribution in [-0.4, -0.2) is 34.5 Å². The van der Waals surface area contributed by atoms with Crippen molar-refractivity contribution in [1.82, 2.24) is 20.6 Å². The van der Waals surface area contributed by atoms with Gasteiger partial charge in [-0.15, -0.1) is 36.2 Å². The lowest BCUT2D eigenvalue weighted by atomic mass is 10.00. The number of thiazole rings is 1. The van der Waals surface area contributed by atoms with Gasteiger partial charge in [0.05, 0.1) is 17.8 Å². The standard InChI is InChI=1S/C16H20N4OS.2ClH/c1-11-13(6-4-8-17-11)20-15(21)9-12-10-22-16(19-12)14-5-2-3-7-18-14;;/h2-3,5,7,10-11,13,17H,4,6,8-9H2,1H3,(H,20,21);2*1H. The maximum Gasteiger partial charge on any atom is 0.226 e. The highest BCUT2D eigenvalue weighted by atomic mass is 35.5. The number of carbonyl (C=O) groups excluding carboxylic acids is 1. The fraction of sp³-hybridized carbons (Fsp3) is 0.438. The first-order chi connectivity index (χ1) is 10.7. The SMILES string of the molecule is CC1NCCCC1NC(=O)Cc1csc(-c2ccccn2)n1.Cl.Cl. The van der Waals surface area contributed by atoms with Crippen LogP contribution in [0.3, 0.4) is 0 Å². The van der Waals surface area contributed by atoms with Crippen molar-refractivity contribution in [3.8, 4) is 10.7 Å². The lowest BCUT2D eigenvalue weighted by Gasteiger charge is -2.30. The Balaban J connectivity index is 0.00000144. The summed E-state index contributed by atoms with van der Waals surface area (Å²) in [7, 11) is 0. The number of carbonyl (C=O) groups is 1. The molecule has 1 fully saturated rings. The third-order valence-electron chi connectivity index (χ3n) is 3.89. The number of nitrogens with zero attached hydrogens (tertiary/aromatic N) is 2. The van der Waals surface area contributed by atoms with Gasteiger partial charge in [-0.2, -0.15) is 0 Å². The number of nitrogens with one attached hydrogen (secondary N) is 2. The molecule has 24 heavy (non-hydrogen) atoms. The Bertz CT molecular complexity index is 638. The molecule has 0 radical (unpaired) electrons. The predicted molar refractivity (Wildman–Crippen MR) is 102 cm³/mol. The maximum absolute atomic E-state index is 12.2. The van der Waals surface area contributed by atoms with E-state index in [1.807, 2.05) is 23.6 Å². The van der Waals surface area contributed by atoms with Crippen LogP contribution < -0.4 is 10.6 Å². The van der Waals surface area contributed by atoms with Crippen molar-refractivity contribution in [2.24, 2.45) is 0 Å². The minimum Gasteiger partial charge on any atom is -0.351 e. The highest BCUT2D eigenvalue weighted by Gasteiger charge is 2.22. The van der Waals surface area contributed by atoms with Gasteiger partial charge < -0.3 is 10.6 Å². The minimum absolute atomic E-state index is 0. The summed E-state index contributed by atoms with van der Waals surface area (Å²) in [5.41, 5.74) is 1.66. The molecule has 2 N–H and O–H groups in total. The molecule has 3 heterocycles. The third kappa shape index (κ3) is 5.41. The third-order valence-corrected chi connectivity index (χ3v) is 4.80. The van der Waals surface area contributed by atoms with Gasteiger partial charge >= 0.3 is 0 Å².